The van der Waals surface area contributed by atoms with Crippen LogP contribution < -0.4 is 9.46 Å². The fourth-order valence-electron chi connectivity index (χ4n) is 3.87. The molecule has 0 saturated carbocycles. The van der Waals surface area contributed by atoms with Gasteiger partial charge in [-0.1, -0.05) is 29.8 Å². The van der Waals surface area contributed by atoms with Crippen molar-refractivity contribution in [1.29, 1.82) is 0 Å². The van der Waals surface area contributed by atoms with Crippen molar-refractivity contribution in [2.24, 2.45) is 0 Å². The van der Waals surface area contributed by atoms with E-state index in [2.05, 4.69) is 4.72 Å². The molecule has 0 heterocycles. The summed E-state index contributed by atoms with van der Waals surface area (Å²) in [6.45, 7) is 6.66. The van der Waals surface area contributed by atoms with E-state index >= 15 is 0 Å². The summed E-state index contributed by atoms with van der Waals surface area (Å²) in [6, 6.07) is 14.7. The molecule has 7 nitrogen and oxygen atoms in total. The van der Waals surface area contributed by atoms with Crippen molar-refractivity contribution >= 4 is 27.5 Å². The number of carbonyl (C=O) groups is 2. The summed E-state index contributed by atoms with van der Waals surface area (Å²) in [6.07, 6.45) is 0. The van der Waals surface area contributed by atoms with E-state index in [1.54, 1.807) is 56.3 Å². The van der Waals surface area contributed by atoms with Crippen LogP contribution in [0.1, 0.15) is 49.9 Å². The number of hydrogen-bond donors (Lipinski definition) is 1. The van der Waals surface area contributed by atoms with Gasteiger partial charge in [-0.05, 0) is 69.2 Å². The van der Waals surface area contributed by atoms with Gasteiger partial charge in [0.15, 0.2) is 5.78 Å². The summed E-state index contributed by atoms with van der Waals surface area (Å²) < 4.78 is 39.6. The number of nitrogens with one attached hydrogen (secondary N) is 1. The van der Waals surface area contributed by atoms with Crippen LogP contribution in [0.15, 0.2) is 59.5 Å². The van der Waals surface area contributed by atoms with Gasteiger partial charge < -0.3 is 9.47 Å². The van der Waals surface area contributed by atoms with Crippen LogP contribution >= 0.6 is 0 Å². The molecule has 0 radical (unpaired) electrons. The quantitative estimate of drug-likeness (QED) is 0.360. The Labute approximate surface area is 199 Å². The van der Waals surface area contributed by atoms with E-state index in [0.29, 0.717) is 28.0 Å². The van der Waals surface area contributed by atoms with E-state index in [0.717, 1.165) is 5.56 Å². The first-order valence-corrected chi connectivity index (χ1v) is 12.1. The molecule has 178 valence electrons. The minimum absolute atomic E-state index is 0.0650. The Bertz CT molecular complexity index is 1340. The molecule has 0 bridgehead atoms. The lowest BCUT2D eigenvalue weighted by Crippen LogP contribution is -2.18. The van der Waals surface area contributed by atoms with Crippen molar-refractivity contribution < 1.29 is 27.5 Å². The summed E-state index contributed by atoms with van der Waals surface area (Å²) >= 11 is 0. The van der Waals surface area contributed by atoms with Crippen LogP contribution in [0.2, 0.25) is 0 Å². The second kappa shape index (κ2) is 10.1. The Morgan fingerprint density at radius 3 is 2.21 bits per heavy atom. The van der Waals surface area contributed by atoms with Crippen LogP contribution in [-0.2, 0) is 21.4 Å². The zero-order chi connectivity index (χ0) is 25.0. The standard InChI is InChI=1S/C26H27NO6S/c1-16-12-17(2)25(18(3)13-16)34(30,31)27-23-9-7-6-8-22(23)26(29)33-15-21-14-20(19(4)28)10-11-24(21)32-5/h6-14,27H,15H2,1-5H3. The van der Waals surface area contributed by atoms with Crippen molar-refractivity contribution in [3.05, 3.63) is 88.0 Å². The number of rotatable bonds is 8. The molecule has 0 aliphatic rings. The van der Waals surface area contributed by atoms with Gasteiger partial charge in [0.25, 0.3) is 10.0 Å². The monoisotopic (exact) mass is 481 g/mol. The number of anilines is 1. The van der Waals surface area contributed by atoms with E-state index in [4.69, 9.17) is 9.47 Å². The molecule has 0 amide bonds. The molecule has 0 spiro atoms. The van der Waals surface area contributed by atoms with Gasteiger partial charge in [-0.15, -0.1) is 0 Å². The maximum atomic E-state index is 13.2. The predicted octanol–water partition coefficient (Wildman–Crippen LogP) is 4.98. The van der Waals surface area contributed by atoms with Crippen LogP contribution in [0.25, 0.3) is 0 Å². The summed E-state index contributed by atoms with van der Waals surface area (Å²) in [5.41, 5.74) is 3.34. The fourth-order valence-corrected chi connectivity index (χ4v) is 5.40. The Morgan fingerprint density at radius 1 is 0.941 bits per heavy atom. The van der Waals surface area contributed by atoms with E-state index in [1.165, 1.54) is 26.2 Å². The maximum absolute atomic E-state index is 13.2. The fraction of sp³-hybridized carbons (Fsp3) is 0.231. The van der Waals surface area contributed by atoms with Gasteiger partial charge >= 0.3 is 5.97 Å². The van der Waals surface area contributed by atoms with Crippen LogP contribution in [0.5, 0.6) is 5.75 Å². The highest BCUT2D eigenvalue weighted by Crippen LogP contribution is 2.27. The lowest BCUT2D eigenvalue weighted by molar-refractivity contribution is 0.0471. The van der Waals surface area contributed by atoms with Gasteiger partial charge in [0, 0.05) is 11.1 Å². The molecule has 3 aromatic rings. The summed E-state index contributed by atoms with van der Waals surface area (Å²) in [5.74, 6) is -0.375. The Balaban J connectivity index is 1.87. The second-order valence-corrected chi connectivity index (χ2v) is 9.66. The third kappa shape index (κ3) is 5.46. The molecule has 0 atom stereocenters. The zero-order valence-electron chi connectivity index (χ0n) is 19.8. The number of Topliss-reactive ketones (excluding diaryl/α,β-unsaturated/α-hetero) is 1. The van der Waals surface area contributed by atoms with Crippen molar-refractivity contribution in [1.82, 2.24) is 0 Å². The molecule has 0 fully saturated rings. The number of hydrogen-bond acceptors (Lipinski definition) is 6. The number of aryl methyl sites for hydroxylation is 3. The molecular formula is C26H27NO6S. The molecule has 0 aliphatic carbocycles. The molecule has 0 unspecified atom stereocenters. The Kier molecular flexibility index (Phi) is 7.41. The van der Waals surface area contributed by atoms with Crippen molar-refractivity contribution in [2.75, 3.05) is 11.8 Å². The highest BCUT2D eigenvalue weighted by molar-refractivity contribution is 7.92. The lowest BCUT2D eigenvalue weighted by atomic mass is 10.1. The topological polar surface area (TPSA) is 98.8 Å². The van der Waals surface area contributed by atoms with Gasteiger partial charge in [-0.3, -0.25) is 9.52 Å². The molecule has 0 aromatic heterocycles. The average molecular weight is 482 g/mol. The number of benzene rings is 3. The minimum Gasteiger partial charge on any atom is -0.496 e. The number of para-hydroxylation sites is 1. The molecule has 34 heavy (non-hydrogen) atoms. The van der Waals surface area contributed by atoms with Crippen molar-refractivity contribution in [3.8, 4) is 5.75 Å². The third-order valence-corrected chi connectivity index (χ3v) is 6.98. The third-order valence-electron chi connectivity index (χ3n) is 5.31. The summed E-state index contributed by atoms with van der Waals surface area (Å²) in [4.78, 5) is 24.8. The van der Waals surface area contributed by atoms with Gasteiger partial charge in [-0.2, -0.15) is 0 Å². The van der Waals surface area contributed by atoms with Gasteiger partial charge in [0.1, 0.15) is 12.4 Å². The molecule has 3 aromatic carbocycles. The number of ether oxygens (including phenoxy) is 2. The predicted molar refractivity (Wildman–Crippen MR) is 130 cm³/mol. The average Bonchev–Trinajstić information content (AvgIpc) is 2.76. The normalized spacial score (nSPS) is 11.1. The first-order chi connectivity index (χ1) is 16.0. The van der Waals surface area contributed by atoms with Gasteiger partial charge in [0.05, 0.1) is 23.3 Å². The molecule has 0 saturated heterocycles. The van der Waals surface area contributed by atoms with Gasteiger partial charge in [-0.25, -0.2) is 13.2 Å². The molecular weight excluding hydrogens is 454 g/mol. The first kappa shape index (κ1) is 25.0. The van der Waals surface area contributed by atoms with Crippen LogP contribution in [0.3, 0.4) is 0 Å². The lowest BCUT2D eigenvalue weighted by Gasteiger charge is -2.16. The van der Waals surface area contributed by atoms with Crippen molar-refractivity contribution in [2.45, 2.75) is 39.2 Å². The number of carbonyl (C=O) groups excluding carboxylic acids is 2. The van der Waals surface area contributed by atoms with E-state index in [9.17, 15) is 18.0 Å². The second-order valence-electron chi connectivity index (χ2n) is 8.04. The van der Waals surface area contributed by atoms with Crippen LogP contribution in [0.4, 0.5) is 5.69 Å². The first-order valence-electron chi connectivity index (χ1n) is 10.6. The van der Waals surface area contributed by atoms with Crippen molar-refractivity contribution in [3.63, 3.8) is 0 Å². The number of sulfonamides is 1. The molecule has 8 heteroatoms. The highest BCUT2D eigenvalue weighted by atomic mass is 32.2. The molecule has 1 N–H and O–H groups in total. The minimum atomic E-state index is -3.96. The number of methoxy groups -OCH3 is 1. The van der Waals surface area contributed by atoms with E-state index in [1.807, 2.05) is 6.92 Å². The zero-order valence-corrected chi connectivity index (χ0v) is 20.6. The Hall–Kier alpha value is -3.65. The number of ketones is 1. The smallest absolute Gasteiger partial charge is 0.340 e. The highest BCUT2D eigenvalue weighted by Gasteiger charge is 2.23. The Morgan fingerprint density at radius 2 is 1.59 bits per heavy atom. The van der Waals surface area contributed by atoms with E-state index in [-0.39, 0.29) is 28.5 Å². The molecule has 0 aliphatic heterocycles. The van der Waals surface area contributed by atoms with E-state index < -0.39 is 16.0 Å². The summed E-state index contributed by atoms with van der Waals surface area (Å²) in [5, 5.41) is 0. The van der Waals surface area contributed by atoms with Gasteiger partial charge in [0.2, 0.25) is 0 Å². The number of esters is 1. The largest absolute Gasteiger partial charge is 0.496 e. The SMILES string of the molecule is COc1ccc(C(C)=O)cc1COC(=O)c1ccccc1NS(=O)(=O)c1c(C)cc(C)cc1C. The maximum Gasteiger partial charge on any atom is 0.340 e. The summed E-state index contributed by atoms with van der Waals surface area (Å²) in [7, 11) is -2.48. The molecule has 3 rings (SSSR count). The van der Waals surface area contributed by atoms with Crippen LogP contribution in [-0.4, -0.2) is 27.3 Å². The van der Waals surface area contributed by atoms with Crippen LogP contribution in [0, 0.1) is 20.8 Å².